The van der Waals surface area contributed by atoms with Crippen LogP contribution in [0.5, 0.6) is 0 Å². The predicted octanol–water partition coefficient (Wildman–Crippen LogP) is 0.263. The summed E-state index contributed by atoms with van der Waals surface area (Å²) >= 11 is 8.25. The first kappa shape index (κ1) is 9.26. The van der Waals surface area contributed by atoms with Crippen molar-refractivity contribution in [1.82, 2.24) is 0 Å². The topological polar surface area (TPSA) is 0 Å². The van der Waals surface area contributed by atoms with Gasteiger partial charge in [0.1, 0.15) is 0 Å². The van der Waals surface area contributed by atoms with Gasteiger partial charge in [0.05, 0.1) is 0 Å². The molecule has 0 bridgehead atoms. The quantitative estimate of drug-likeness (QED) is 0.256. The van der Waals surface area contributed by atoms with Gasteiger partial charge in [-0.15, -0.1) is 0 Å². The third kappa shape index (κ3) is 9.18. The minimum atomic E-state index is 0. The van der Waals surface area contributed by atoms with Crippen LogP contribution in [-0.2, 0) is 23.3 Å². The second kappa shape index (κ2) is 8.84. The molecule has 20 valence electrons. The smallest absolute Gasteiger partial charge is 0.747 e. The maximum absolute atomic E-state index is 4.12. The molecule has 0 unspecified atom stereocenters. The van der Waals surface area contributed by atoms with E-state index in [9.17, 15) is 0 Å². The van der Waals surface area contributed by atoms with Crippen LogP contribution in [0.2, 0.25) is 0 Å². The van der Waals surface area contributed by atoms with E-state index in [0.717, 1.165) is 9.83 Å². The zero-order chi connectivity index (χ0) is 2.71. The van der Waals surface area contributed by atoms with Crippen molar-refractivity contribution in [2.24, 2.45) is 0 Å². The molecule has 0 radical (unpaired) electrons. The van der Waals surface area contributed by atoms with Crippen LogP contribution < -0.4 is 0 Å². The van der Waals surface area contributed by atoms with Crippen LogP contribution in [0.25, 0.3) is 0 Å². The minimum absolute atomic E-state index is 0. The first-order valence-corrected chi connectivity index (χ1v) is 3.00. The average Bonchev–Trinajstić information content (AvgIpc) is 0.918. The van der Waals surface area contributed by atoms with Gasteiger partial charge >= 0.3 is 23.1 Å². The molecule has 0 aliphatic rings. The Morgan fingerprint density at radius 1 is 1.25 bits per heavy atom. The molecule has 4 heteroatoms. The van der Waals surface area contributed by atoms with Crippen molar-refractivity contribution >= 4 is 56.2 Å². The minimum Gasteiger partial charge on any atom is -0.747 e. The molecule has 0 aromatic heterocycles. The Hall–Kier alpha value is 1.82. The van der Waals surface area contributed by atoms with Gasteiger partial charge in [0.25, 0.3) is 0 Å². The first-order valence-electron chi connectivity index (χ1n) is 0.333. The van der Waals surface area contributed by atoms with Gasteiger partial charge in [-0.25, -0.2) is 0 Å². The summed E-state index contributed by atoms with van der Waals surface area (Å²) in [5, 5.41) is 0. The van der Waals surface area contributed by atoms with E-state index in [0.29, 0.717) is 0 Å². The van der Waals surface area contributed by atoms with Gasteiger partial charge in [0.2, 0.25) is 0 Å². The molecule has 0 fully saturated rings. The van der Waals surface area contributed by atoms with Gasteiger partial charge in [-0.05, 0) is 0 Å². The zero-order valence-electron chi connectivity index (χ0n) is 1.93. The molecule has 0 aliphatic carbocycles. The van der Waals surface area contributed by atoms with Gasteiger partial charge < -0.3 is 33.1 Å². The standard InChI is InChI=1S/Mg.H2S3/c;1-3-2/h;1-2H/q+2;/p-2. The van der Waals surface area contributed by atoms with E-state index in [1.165, 1.54) is 0 Å². The van der Waals surface area contributed by atoms with E-state index >= 15 is 0 Å². The van der Waals surface area contributed by atoms with E-state index in [4.69, 9.17) is 0 Å². The maximum atomic E-state index is 4.12. The van der Waals surface area contributed by atoms with Gasteiger partial charge in [-0.2, -0.15) is 0 Å². The Morgan fingerprint density at radius 3 is 1.25 bits per heavy atom. The summed E-state index contributed by atoms with van der Waals surface area (Å²) in [7, 11) is 0.917. The van der Waals surface area contributed by atoms with Crippen molar-refractivity contribution in [3.63, 3.8) is 0 Å². The monoisotopic (exact) mass is 120 g/mol. The van der Waals surface area contributed by atoms with Gasteiger partial charge in [0.15, 0.2) is 0 Å². The molecule has 0 aromatic carbocycles. The van der Waals surface area contributed by atoms with Crippen molar-refractivity contribution in [2.45, 2.75) is 0 Å². The van der Waals surface area contributed by atoms with Crippen LogP contribution in [0.4, 0.5) is 0 Å². The van der Waals surface area contributed by atoms with Gasteiger partial charge in [0, 0.05) is 0 Å². The molecule has 0 heterocycles. The Balaban J connectivity index is 0. The Bertz CT molecular complexity index is 3.25. The summed E-state index contributed by atoms with van der Waals surface area (Å²) < 4.78 is 0. The van der Waals surface area contributed by atoms with Crippen LogP contribution in [0, 0.1) is 0 Å². The molecule has 0 nitrogen and oxygen atoms in total. The molecule has 0 amide bonds. The average molecular weight is 121 g/mol. The summed E-state index contributed by atoms with van der Waals surface area (Å²) in [5.74, 6) is 0. The van der Waals surface area contributed by atoms with Crippen LogP contribution in [0.15, 0.2) is 0 Å². The molecular formula is MgS3. The molecule has 0 N–H and O–H groups in total. The fourth-order valence-corrected chi connectivity index (χ4v) is 0. The molecule has 0 atom stereocenters. The summed E-state index contributed by atoms with van der Waals surface area (Å²) in [6, 6.07) is 0. The largest absolute Gasteiger partial charge is 2.00 e. The summed E-state index contributed by atoms with van der Waals surface area (Å²) in [4.78, 5) is 0. The summed E-state index contributed by atoms with van der Waals surface area (Å²) in [5.41, 5.74) is 0. The van der Waals surface area contributed by atoms with E-state index in [1.807, 2.05) is 0 Å². The Labute approximate surface area is 55.9 Å². The van der Waals surface area contributed by atoms with Gasteiger partial charge in [-0.1, -0.05) is 0 Å². The maximum Gasteiger partial charge on any atom is 2.00 e. The van der Waals surface area contributed by atoms with Crippen LogP contribution in [-0.4, -0.2) is 23.1 Å². The SMILES string of the molecule is [Mg+2].[S-]S[S-]. The van der Waals surface area contributed by atoms with Crippen LogP contribution in [0.1, 0.15) is 0 Å². The molecule has 0 aliphatic heterocycles. The molecule has 0 saturated carbocycles. The predicted molar refractivity (Wildman–Crippen MR) is 28.1 cm³/mol. The van der Waals surface area contributed by atoms with Crippen molar-refractivity contribution in [2.75, 3.05) is 0 Å². The normalized spacial score (nSPS) is 4.50. The number of hydrogen-bond donors (Lipinski definition) is 0. The fraction of sp³-hybridized carbons (Fsp3) is 0. The number of hydrogen-bond acceptors (Lipinski definition) is 3. The van der Waals surface area contributed by atoms with E-state index in [1.54, 1.807) is 0 Å². The second-order valence-corrected chi connectivity index (χ2v) is 1.84. The van der Waals surface area contributed by atoms with Crippen molar-refractivity contribution < 1.29 is 0 Å². The third-order valence-corrected chi connectivity index (χ3v) is 0. The molecule has 0 saturated heterocycles. The van der Waals surface area contributed by atoms with E-state index in [-0.39, 0.29) is 23.1 Å². The van der Waals surface area contributed by atoms with E-state index < -0.39 is 0 Å². The molecule has 0 aromatic rings. The Kier molecular flexibility index (Phi) is 20.5. The zero-order valence-corrected chi connectivity index (χ0v) is 5.80. The van der Waals surface area contributed by atoms with Crippen molar-refractivity contribution in [1.29, 1.82) is 0 Å². The molecule has 4 heavy (non-hydrogen) atoms. The number of rotatable bonds is 0. The van der Waals surface area contributed by atoms with Gasteiger partial charge in [-0.3, -0.25) is 0 Å². The molecule has 0 rings (SSSR count). The van der Waals surface area contributed by atoms with E-state index in [2.05, 4.69) is 23.3 Å². The van der Waals surface area contributed by atoms with Crippen LogP contribution in [0.3, 0.4) is 0 Å². The second-order valence-electron chi connectivity index (χ2n) is 0.0680. The Morgan fingerprint density at radius 2 is 1.25 bits per heavy atom. The van der Waals surface area contributed by atoms with Crippen molar-refractivity contribution in [3.8, 4) is 0 Å². The van der Waals surface area contributed by atoms with Crippen molar-refractivity contribution in [3.05, 3.63) is 0 Å². The summed E-state index contributed by atoms with van der Waals surface area (Å²) in [6.07, 6.45) is 0. The molecule has 0 spiro atoms. The molecular weight excluding hydrogens is 121 g/mol. The fourth-order valence-electron chi connectivity index (χ4n) is 0. The van der Waals surface area contributed by atoms with Crippen LogP contribution >= 0.6 is 9.83 Å². The summed E-state index contributed by atoms with van der Waals surface area (Å²) in [6.45, 7) is 0. The third-order valence-electron chi connectivity index (χ3n) is 0. The first-order chi connectivity index (χ1) is 1.41.